The average molecular weight is 1860 g/mol. The maximum Gasteiger partial charge on any atom is 0.488 e. The predicted molar refractivity (Wildman–Crippen MR) is 567 cm³/mol. The van der Waals surface area contributed by atoms with E-state index in [-0.39, 0.29) is 14.9 Å². The molecule has 0 aliphatic carbocycles. The molecule has 4 nitrogen and oxygen atoms in total. The second kappa shape index (κ2) is 39.5. The zero-order valence-electron chi connectivity index (χ0n) is 69.0. The zero-order chi connectivity index (χ0) is 86.3. The van der Waals surface area contributed by atoms with Crippen molar-refractivity contribution in [2.24, 2.45) is 0 Å². The van der Waals surface area contributed by atoms with Crippen molar-refractivity contribution in [3.63, 3.8) is 0 Å². The van der Waals surface area contributed by atoms with Gasteiger partial charge >= 0.3 is 14.2 Å². The Balaban J connectivity index is 0.000000121. The third kappa shape index (κ3) is 19.6. The van der Waals surface area contributed by atoms with Gasteiger partial charge in [-0.25, -0.2) is 0 Å². The molecule has 620 valence electrons. The van der Waals surface area contributed by atoms with Gasteiger partial charge in [-0.2, -0.15) is 0 Å². The first-order chi connectivity index (χ1) is 62.3. The van der Waals surface area contributed by atoms with E-state index < -0.39 is 14.2 Å². The molecule has 0 unspecified atom stereocenters. The summed E-state index contributed by atoms with van der Waals surface area (Å²) in [6.45, 7) is 0. The molecule has 0 heterocycles. The van der Waals surface area contributed by atoms with E-state index in [2.05, 4.69) is 442 Å². The standard InChI is InChI=1S/C46H30.C26H17Br.C20H15BO2.C16H13BO2.C10H6Br2.2CH4/c1-2-8-36-27-37(22-19-31(36)7-1)32-13-15-33(16-14-32)38-23-25-41-29-39(24-26-40(41)28-38)34-17-20-35(21-18-34)46-30-42-9-3-4-10-43(42)44-11-5-6-12-45(44)46;27-26-14-13-24-16-23(11-12-25(24)17-26)20-7-5-19(6-8-20)22-10-9-18-3-1-2-4-21(18)15-22;22-21(23)16-11-9-14(10-12-16)20-13-15-5-1-2-6-17(15)18-7-3-4-8-19(18)20;18-17(19)16-9-7-13(8-10-16)15-6-5-12-3-1-2-4-14(12)11-15;11-9-3-1-7-5-10(12)4-2-8(7)6-9;;/h1-30H;1-17H;1-13,22-23H;1-11,18-19H;1-6H;2*1H4. The molecule has 0 radical (unpaired) electrons. The van der Waals surface area contributed by atoms with E-state index >= 15 is 0 Å². The summed E-state index contributed by atoms with van der Waals surface area (Å²) in [6.07, 6.45) is 0. The van der Waals surface area contributed by atoms with Crippen LogP contribution in [0.5, 0.6) is 0 Å². The molecule has 0 spiro atoms. The van der Waals surface area contributed by atoms with Crippen molar-refractivity contribution in [3.8, 4) is 89.0 Å². The van der Waals surface area contributed by atoms with E-state index in [1.165, 1.54) is 174 Å². The van der Waals surface area contributed by atoms with Gasteiger partial charge < -0.3 is 20.1 Å². The van der Waals surface area contributed by atoms with Crippen LogP contribution < -0.4 is 10.9 Å². The van der Waals surface area contributed by atoms with Crippen molar-refractivity contribution in [2.75, 3.05) is 0 Å². The van der Waals surface area contributed by atoms with Crippen LogP contribution in [-0.2, 0) is 0 Å². The minimum Gasteiger partial charge on any atom is -0.423 e. The van der Waals surface area contributed by atoms with Crippen molar-refractivity contribution < 1.29 is 20.1 Å². The summed E-state index contributed by atoms with van der Waals surface area (Å²) in [5, 5.41) is 61.7. The highest BCUT2D eigenvalue weighted by molar-refractivity contribution is 9.11. The third-order valence-electron chi connectivity index (χ3n) is 23.9. The molecule has 0 amide bonds. The van der Waals surface area contributed by atoms with Crippen LogP contribution in [0, 0.1) is 0 Å². The van der Waals surface area contributed by atoms with Crippen molar-refractivity contribution in [1.82, 2.24) is 0 Å². The summed E-state index contributed by atoms with van der Waals surface area (Å²) in [6, 6.07) is 164. The quantitative estimate of drug-likeness (QED) is 0.0812. The molecule has 0 atom stereocenters. The van der Waals surface area contributed by atoms with Crippen molar-refractivity contribution in [3.05, 3.63) is 481 Å². The molecule has 129 heavy (non-hydrogen) atoms. The first-order valence-electron chi connectivity index (χ1n) is 42.4. The molecule has 0 fully saturated rings. The van der Waals surface area contributed by atoms with Gasteiger partial charge in [0.15, 0.2) is 0 Å². The lowest BCUT2D eigenvalue weighted by atomic mass is 9.79. The molecule has 0 saturated carbocycles. The average Bonchev–Trinajstić information content (AvgIpc) is 0.763. The van der Waals surface area contributed by atoms with Gasteiger partial charge in [0.25, 0.3) is 0 Å². The zero-order valence-corrected chi connectivity index (χ0v) is 73.8. The topological polar surface area (TPSA) is 80.9 Å². The Labute approximate surface area is 778 Å². The van der Waals surface area contributed by atoms with Crippen molar-refractivity contribution in [1.29, 1.82) is 0 Å². The van der Waals surface area contributed by atoms with E-state index in [4.69, 9.17) is 10.0 Å². The van der Waals surface area contributed by atoms with Gasteiger partial charge in [0.05, 0.1) is 0 Å². The fraction of sp³-hybridized carbons (Fsp3) is 0.0167. The number of rotatable bonds is 10. The predicted octanol–water partition coefficient (Wildman–Crippen LogP) is 32.2. The molecular formula is C120H89B2Br3O4. The monoisotopic (exact) mass is 1850 g/mol. The first-order valence-corrected chi connectivity index (χ1v) is 44.8. The molecule has 0 saturated heterocycles. The van der Waals surface area contributed by atoms with Crippen LogP contribution in [0.2, 0.25) is 0 Å². The summed E-state index contributed by atoms with van der Waals surface area (Å²) in [7, 11) is -2.84. The van der Waals surface area contributed by atoms with E-state index in [1.54, 1.807) is 24.3 Å². The molecule has 0 aromatic heterocycles. The van der Waals surface area contributed by atoms with Crippen molar-refractivity contribution >= 4 is 181 Å². The summed E-state index contributed by atoms with van der Waals surface area (Å²) in [5.74, 6) is 0. The number of hydrogen-bond donors (Lipinski definition) is 4. The third-order valence-corrected chi connectivity index (χ3v) is 25.4. The Morgan fingerprint density at radius 1 is 0.140 bits per heavy atom. The molecule has 9 heteroatoms. The lowest BCUT2D eigenvalue weighted by Gasteiger charge is -2.12. The van der Waals surface area contributed by atoms with Gasteiger partial charge in [-0.15, -0.1) is 0 Å². The lowest BCUT2D eigenvalue weighted by molar-refractivity contribution is 0.424. The second-order valence-electron chi connectivity index (χ2n) is 31.9. The highest BCUT2D eigenvalue weighted by Gasteiger charge is 2.16. The van der Waals surface area contributed by atoms with E-state index in [1.807, 2.05) is 48.5 Å². The molecular weight excluding hydrogens is 1770 g/mol. The van der Waals surface area contributed by atoms with Crippen molar-refractivity contribution in [2.45, 2.75) is 14.9 Å². The molecule has 0 bridgehead atoms. The number of halogens is 3. The minimum absolute atomic E-state index is 0. The van der Waals surface area contributed by atoms with Crippen LogP contribution in [0.1, 0.15) is 14.9 Å². The molecule has 23 rings (SSSR count). The van der Waals surface area contributed by atoms with E-state index in [9.17, 15) is 10.0 Å². The number of hydrogen-bond acceptors (Lipinski definition) is 4. The van der Waals surface area contributed by atoms with E-state index in [0.717, 1.165) is 35.7 Å². The van der Waals surface area contributed by atoms with Crippen LogP contribution in [0.4, 0.5) is 0 Å². The Morgan fingerprint density at radius 2 is 0.318 bits per heavy atom. The maximum atomic E-state index is 9.25. The Morgan fingerprint density at radius 3 is 0.589 bits per heavy atom. The van der Waals surface area contributed by atoms with E-state index in [0.29, 0.717) is 10.9 Å². The Bertz CT molecular complexity index is 7940. The van der Waals surface area contributed by atoms with Gasteiger partial charge in [-0.05, 0) is 293 Å². The van der Waals surface area contributed by atoms with Gasteiger partial charge in [0.1, 0.15) is 0 Å². The van der Waals surface area contributed by atoms with Gasteiger partial charge in [-0.3, -0.25) is 0 Å². The molecule has 23 aromatic rings. The summed E-state index contributed by atoms with van der Waals surface area (Å²) in [5.41, 5.74) is 20.3. The molecule has 23 aromatic carbocycles. The summed E-state index contributed by atoms with van der Waals surface area (Å²) in [4.78, 5) is 0. The van der Waals surface area contributed by atoms with Crippen LogP contribution in [0.3, 0.4) is 0 Å². The largest absolute Gasteiger partial charge is 0.488 e. The maximum absolute atomic E-state index is 9.25. The molecule has 4 N–H and O–H groups in total. The highest BCUT2D eigenvalue weighted by atomic mass is 79.9. The molecule has 0 aliphatic heterocycles. The summed E-state index contributed by atoms with van der Waals surface area (Å²) < 4.78 is 3.36. The number of benzene rings is 23. The molecule has 0 aliphatic rings. The lowest BCUT2D eigenvalue weighted by Crippen LogP contribution is -2.29. The van der Waals surface area contributed by atoms with Gasteiger partial charge in [0, 0.05) is 13.4 Å². The van der Waals surface area contributed by atoms with Crippen LogP contribution in [0.15, 0.2) is 481 Å². The smallest absolute Gasteiger partial charge is 0.423 e. The van der Waals surface area contributed by atoms with Crippen LogP contribution in [-0.4, -0.2) is 34.3 Å². The first kappa shape index (κ1) is 87.2. The Hall–Kier alpha value is -13.9. The fourth-order valence-electron chi connectivity index (χ4n) is 17.1. The van der Waals surface area contributed by atoms with Gasteiger partial charge in [0.2, 0.25) is 0 Å². The second-order valence-corrected chi connectivity index (χ2v) is 34.7. The van der Waals surface area contributed by atoms with Gasteiger partial charge in [-0.1, -0.05) is 445 Å². The van der Waals surface area contributed by atoms with Crippen LogP contribution in [0.25, 0.3) is 197 Å². The fourth-order valence-corrected chi connectivity index (χ4v) is 18.3. The SMILES string of the molecule is Brc1ccc2cc(-c3ccc(-c4ccc5ccccc5c4)cc3)ccc2c1.Brc1ccc2cc(Br)ccc2c1.C.C.OB(O)c1ccc(-c2cc3ccccc3c3ccccc23)cc1.OB(O)c1ccc(-c2ccc3ccccc3c2)cc1.c1ccc2cc(-c3ccc(-c4ccc5cc(-c6ccc(-c7cc8ccccc8c8ccccc78)cc6)ccc5c4)cc3)ccc2c1. The normalized spacial score (nSPS) is 10.9. The minimum atomic E-state index is -1.43. The Kier molecular flexibility index (Phi) is 26.7. The summed E-state index contributed by atoms with van der Waals surface area (Å²) >= 11 is 10.4. The highest BCUT2D eigenvalue weighted by Crippen LogP contribution is 2.40. The number of fused-ring (bicyclic) bond motifs is 12. The van der Waals surface area contributed by atoms with Crippen LogP contribution >= 0.6 is 47.8 Å².